The summed E-state index contributed by atoms with van der Waals surface area (Å²) in [6.07, 6.45) is -7.30. The highest BCUT2D eigenvalue weighted by molar-refractivity contribution is 5.73. The molecule has 3 aromatic heterocycles. The number of aromatic amines is 1. The zero-order valence-corrected chi connectivity index (χ0v) is 18.0. The third-order valence-corrected chi connectivity index (χ3v) is 5.94. The zero-order chi connectivity index (χ0) is 25.0. The number of fused-ring (bicyclic) bond motifs is 1. The van der Waals surface area contributed by atoms with E-state index in [9.17, 15) is 26.3 Å². The number of hydrogen-bond acceptors (Lipinski definition) is 5. The van der Waals surface area contributed by atoms with Gasteiger partial charge >= 0.3 is 12.4 Å². The van der Waals surface area contributed by atoms with Gasteiger partial charge in [0.1, 0.15) is 17.3 Å². The molecule has 35 heavy (non-hydrogen) atoms. The number of halogens is 6. The van der Waals surface area contributed by atoms with Gasteiger partial charge in [0.15, 0.2) is 5.65 Å². The van der Waals surface area contributed by atoms with Crippen LogP contribution in [0.2, 0.25) is 0 Å². The van der Waals surface area contributed by atoms with E-state index in [1.165, 1.54) is 7.11 Å². The second-order valence-corrected chi connectivity index (χ2v) is 8.10. The van der Waals surface area contributed by atoms with E-state index in [0.29, 0.717) is 17.0 Å². The number of nitrogens with one attached hydrogen (secondary N) is 1. The highest BCUT2D eigenvalue weighted by Crippen LogP contribution is 2.41. The van der Waals surface area contributed by atoms with Gasteiger partial charge in [0.25, 0.3) is 0 Å². The first-order valence-corrected chi connectivity index (χ1v) is 10.2. The molecule has 1 saturated heterocycles. The van der Waals surface area contributed by atoms with Crippen molar-refractivity contribution in [3.63, 3.8) is 0 Å². The van der Waals surface area contributed by atoms with Crippen molar-refractivity contribution in [3.05, 3.63) is 71.4 Å². The van der Waals surface area contributed by atoms with E-state index >= 15 is 0 Å². The number of nitrogens with zero attached hydrogens (tertiary/aromatic N) is 3. The molecule has 0 bridgehead atoms. The van der Waals surface area contributed by atoms with Crippen molar-refractivity contribution in [2.45, 2.75) is 17.8 Å². The minimum absolute atomic E-state index is 0.0191. The Labute approximate surface area is 193 Å². The first-order chi connectivity index (χ1) is 16.5. The normalized spacial score (nSPS) is 15.7. The summed E-state index contributed by atoms with van der Waals surface area (Å²) in [6.45, 7) is 0.479. The van der Waals surface area contributed by atoms with Crippen LogP contribution in [0.15, 0.2) is 48.8 Å². The number of hydrogen-bond donors (Lipinski definition) is 1. The maximum atomic E-state index is 13.0. The molecular formula is C23H16F6N4O2. The predicted molar refractivity (Wildman–Crippen MR) is 112 cm³/mol. The molecule has 4 heterocycles. The molecular weight excluding hydrogens is 478 g/mol. The van der Waals surface area contributed by atoms with Crippen LogP contribution in [0.4, 0.5) is 26.3 Å². The first kappa shape index (κ1) is 23.1. The van der Waals surface area contributed by atoms with Crippen LogP contribution in [0, 0.1) is 0 Å². The van der Waals surface area contributed by atoms with Gasteiger partial charge in [-0.3, -0.25) is 4.98 Å². The number of imidazole rings is 1. The molecule has 0 aliphatic carbocycles. The number of benzene rings is 1. The fourth-order valence-electron chi connectivity index (χ4n) is 3.97. The van der Waals surface area contributed by atoms with Crippen LogP contribution >= 0.6 is 0 Å². The highest BCUT2D eigenvalue weighted by Gasteiger charge is 2.45. The first-order valence-electron chi connectivity index (χ1n) is 10.2. The lowest BCUT2D eigenvalue weighted by molar-refractivity contribution is -0.141. The van der Waals surface area contributed by atoms with Gasteiger partial charge in [-0.25, -0.2) is 9.97 Å². The summed E-state index contributed by atoms with van der Waals surface area (Å²) in [7, 11) is 1.27. The van der Waals surface area contributed by atoms with E-state index in [0.717, 1.165) is 30.1 Å². The average molecular weight is 494 g/mol. The van der Waals surface area contributed by atoms with Crippen molar-refractivity contribution in [1.29, 1.82) is 0 Å². The van der Waals surface area contributed by atoms with Gasteiger partial charge < -0.3 is 14.5 Å². The van der Waals surface area contributed by atoms with E-state index in [2.05, 4.69) is 19.9 Å². The molecule has 182 valence electrons. The summed E-state index contributed by atoms with van der Waals surface area (Å²) < 4.78 is 88.7. The molecule has 6 nitrogen and oxygen atoms in total. The number of ether oxygens (including phenoxy) is 2. The maximum Gasteiger partial charge on any atom is 0.433 e. The molecule has 12 heteroatoms. The van der Waals surface area contributed by atoms with E-state index in [4.69, 9.17) is 9.47 Å². The molecule has 0 amide bonds. The van der Waals surface area contributed by atoms with Crippen molar-refractivity contribution in [1.82, 2.24) is 19.9 Å². The average Bonchev–Trinajstić information content (AvgIpc) is 3.20. The summed E-state index contributed by atoms with van der Waals surface area (Å²) in [6, 6.07) is 8.71. The Balaban J connectivity index is 1.50. The lowest BCUT2D eigenvalue weighted by Crippen LogP contribution is -2.48. The third kappa shape index (κ3) is 3.97. The van der Waals surface area contributed by atoms with Crippen molar-refractivity contribution >= 4 is 11.2 Å². The Bertz CT molecular complexity index is 1390. The summed E-state index contributed by atoms with van der Waals surface area (Å²) in [5.41, 5.74) is -0.673. The molecule has 1 aliphatic rings. The Morgan fingerprint density at radius 1 is 0.943 bits per heavy atom. The van der Waals surface area contributed by atoms with Gasteiger partial charge in [0, 0.05) is 24.0 Å². The molecule has 1 aliphatic heterocycles. The second-order valence-electron chi connectivity index (χ2n) is 8.10. The Morgan fingerprint density at radius 2 is 1.66 bits per heavy atom. The number of rotatable bonds is 4. The van der Waals surface area contributed by atoms with Crippen LogP contribution in [0.1, 0.15) is 22.6 Å². The zero-order valence-electron chi connectivity index (χ0n) is 18.0. The smallest absolute Gasteiger partial charge is 0.433 e. The Kier molecular flexibility index (Phi) is 5.24. The molecule has 4 aromatic rings. The molecule has 1 fully saturated rings. The number of aromatic nitrogens is 4. The number of pyridine rings is 2. The topological polar surface area (TPSA) is 72.9 Å². The summed E-state index contributed by atoms with van der Waals surface area (Å²) in [4.78, 5) is 14.7. The lowest BCUT2D eigenvalue weighted by Gasteiger charge is -2.40. The van der Waals surface area contributed by atoms with Crippen molar-refractivity contribution in [2.75, 3.05) is 20.3 Å². The van der Waals surface area contributed by atoms with Crippen LogP contribution in [0.5, 0.6) is 5.75 Å². The lowest BCUT2D eigenvalue weighted by atomic mass is 9.77. The molecule has 5 rings (SSSR count). The predicted octanol–water partition coefficient (Wildman–Crippen LogP) is 5.38. The minimum Gasteiger partial charge on any atom is -0.496 e. The number of alkyl halides is 6. The molecule has 0 saturated carbocycles. The van der Waals surface area contributed by atoms with Gasteiger partial charge in [-0.2, -0.15) is 26.3 Å². The maximum absolute atomic E-state index is 13.0. The third-order valence-electron chi connectivity index (χ3n) is 5.94. The summed E-state index contributed by atoms with van der Waals surface area (Å²) >= 11 is 0. The Hall–Kier alpha value is -3.67. The molecule has 0 radical (unpaired) electrons. The standard InChI is InChI=1S/C23H16F6N4O2/c1-34-17-7-18(23(27,28)29)30-9-15(17)12-2-4-13(5-3-12)21(10-35-11-21)20-32-16-6-14(22(24,25)26)8-31-19(16)33-20/h2-9H,10-11H2,1H3,(H,31,32,33). The monoisotopic (exact) mass is 494 g/mol. The molecule has 0 spiro atoms. The van der Waals surface area contributed by atoms with Gasteiger partial charge in [-0.15, -0.1) is 0 Å². The Morgan fingerprint density at radius 3 is 2.23 bits per heavy atom. The number of methoxy groups -OCH3 is 1. The summed E-state index contributed by atoms with van der Waals surface area (Å²) in [5, 5.41) is 0. The van der Waals surface area contributed by atoms with Crippen LogP contribution in [0.25, 0.3) is 22.3 Å². The molecule has 0 unspecified atom stereocenters. The van der Waals surface area contributed by atoms with Gasteiger partial charge in [-0.1, -0.05) is 24.3 Å². The second kappa shape index (κ2) is 7.94. The SMILES string of the molecule is COc1cc(C(F)(F)F)ncc1-c1ccc(C2(c3nc4ncc(C(F)(F)F)cc4[nH]3)COC2)cc1. The largest absolute Gasteiger partial charge is 0.496 e. The van der Waals surface area contributed by atoms with E-state index in [1.54, 1.807) is 24.3 Å². The van der Waals surface area contributed by atoms with Gasteiger partial charge in [-0.05, 0) is 17.2 Å². The molecule has 1 N–H and O–H groups in total. The highest BCUT2D eigenvalue weighted by atomic mass is 19.4. The van der Waals surface area contributed by atoms with E-state index < -0.39 is 29.0 Å². The van der Waals surface area contributed by atoms with Crippen LogP contribution in [0.3, 0.4) is 0 Å². The number of H-pyrrole nitrogens is 1. The fourth-order valence-corrected chi connectivity index (χ4v) is 3.97. The molecule has 0 atom stereocenters. The summed E-state index contributed by atoms with van der Waals surface area (Å²) in [5.74, 6) is 0.428. The van der Waals surface area contributed by atoms with Crippen molar-refractivity contribution < 1.29 is 35.8 Å². The fraction of sp³-hybridized carbons (Fsp3) is 0.261. The molecule has 1 aromatic carbocycles. The van der Waals surface area contributed by atoms with Crippen LogP contribution in [-0.2, 0) is 22.5 Å². The van der Waals surface area contributed by atoms with E-state index in [-0.39, 0.29) is 30.1 Å². The quantitative estimate of drug-likeness (QED) is 0.386. The van der Waals surface area contributed by atoms with Crippen LogP contribution in [-0.4, -0.2) is 40.3 Å². The van der Waals surface area contributed by atoms with Crippen molar-refractivity contribution in [3.8, 4) is 16.9 Å². The van der Waals surface area contributed by atoms with Gasteiger partial charge in [0.2, 0.25) is 0 Å². The van der Waals surface area contributed by atoms with Crippen LogP contribution < -0.4 is 4.74 Å². The van der Waals surface area contributed by atoms with E-state index in [1.807, 2.05) is 0 Å². The van der Waals surface area contributed by atoms with Crippen molar-refractivity contribution in [2.24, 2.45) is 0 Å². The minimum atomic E-state index is -4.60. The van der Waals surface area contributed by atoms with Gasteiger partial charge in [0.05, 0.1) is 36.8 Å².